The zero-order chi connectivity index (χ0) is 13.2. The molecule has 1 aliphatic rings. The molecule has 1 aromatic carbocycles. The van der Waals surface area contributed by atoms with E-state index < -0.39 is 0 Å². The fourth-order valence-corrected chi connectivity index (χ4v) is 2.41. The molecule has 100 valence electrons. The molecule has 3 nitrogen and oxygen atoms in total. The van der Waals surface area contributed by atoms with E-state index in [1.165, 1.54) is 35.3 Å². The maximum absolute atomic E-state index is 4.73. The summed E-state index contributed by atoms with van der Waals surface area (Å²) in [6, 6.07) is 8.74. The average molecular weight is 255 g/mol. The van der Waals surface area contributed by atoms with Crippen LogP contribution in [0.3, 0.4) is 0 Å². The second kappa shape index (κ2) is 5.17. The first kappa shape index (κ1) is 12.4. The van der Waals surface area contributed by atoms with Gasteiger partial charge in [-0.05, 0) is 44.0 Å². The summed E-state index contributed by atoms with van der Waals surface area (Å²) in [5.74, 6) is 0.712. The number of rotatable bonds is 5. The number of nitrogens with one attached hydrogen (secondary N) is 1. The number of aromatic nitrogens is 2. The Morgan fingerprint density at radius 1 is 1.32 bits per heavy atom. The molecule has 0 spiro atoms. The highest BCUT2D eigenvalue weighted by Gasteiger charge is 2.26. The van der Waals surface area contributed by atoms with Crippen molar-refractivity contribution in [1.29, 1.82) is 0 Å². The Bertz CT molecular complexity index is 567. The predicted octanol–water partition coefficient (Wildman–Crippen LogP) is 3.17. The maximum atomic E-state index is 4.73. The van der Waals surface area contributed by atoms with Crippen molar-refractivity contribution >= 4 is 0 Å². The third-order valence-corrected chi connectivity index (χ3v) is 3.65. The SMILES string of the molecule is CCNCc1cc(C)ccc1-n1ccc(C2CC2)n1. The number of benzene rings is 1. The van der Waals surface area contributed by atoms with E-state index in [1.807, 2.05) is 4.68 Å². The van der Waals surface area contributed by atoms with Gasteiger partial charge >= 0.3 is 0 Å². The number of nitrogens with zero attached hydrogens (tertiary/aromatic N) is 2. The Morgan fingerprint density at radius 2 is 2.16 bits per heavy atom. The Balaban J connectivity index is 1.92. The summed E-state index contributed by atoms with van der Waals surface area (Å²) >= 11 is 0. The second-order valence-corrected chi connectivity index (χ2v) is 5.37. The van der Waals surface area contributed by atoms with Crippen LogP contribution in [0.25, 0.3) is 5.69 Å². The largest absolute Gasteiger partial charge is 0.313 e. The quantitative estimate of drug-likeness (QED) is 0.889. The van der Waals surface area contributed by atoms with Crippen molar-refractivity contribution in [2.24, 2.45) is 0 Å². The van der Waals surface area contributed by atoms with Gasteiger partial charge in [0, 0.05) is 18.7 Å². The molecule has 1 N–H and O–H groups in total. The van der Waals surface area contributed by atoms with Crippen molar-refractivity contribution in [2.75, 3.05) is 6.54 Å². The van der Waals surface area contributed by atoms with Crippen molar-refractivity contribution < 1.29 is 0 Å². The summed E-state index contributed by atoms with van der Waals surface area (Å²) < 4.78 is 2.03. The summed E-state index contributed by atoms with van der Waals surface area (Å²) in [4.78, 5) is 0. The predicted molar refractivity (Wildman–Crippen MR) is 77.7 cm³/mol. The Morgan fingerprint density at radius 3 is 2.89 bits per heavy atom. The minimum Gasteiger partial charge on any atom is -0.313 e. The summed E-state index contributed by atoms with van der Waals surface area (Å²) in [6.45, 7) is 6.15. The molecule has 0 saturated heterocycles. The molecule has 2 aromatic rings. The number of hydrogen-bond donors (Lipinski definition) is 1. The van der Waals surface area contributed by atoms with Crippen LogP contribution >= 0.6 is 0 Å². The van der Waals surface area contributed by atoms with E-state index in [4.69, 9.17) is 5.10 Å². The fourth-order valence-electron chi connectivity index (χ4n) is 2.41. The lowest BCUT2D eigenvalue weighted by molar-refractivity contribution is 0.714. The first-order valence-corrected chi connectivity index (χ1v) is 7.14. The van der Waals surface area contributed by atoms with E-state index in [-0.39, 0.29) is 0 Å². The molecule has 0 amide bonds. The van der Waals surface area contributed by atoms with Gasteiger partial charge in [-0.2, -0.15) is 5.10 Å². The van der Waals surface area contributed by atoms with Crippen molar-refractivity contribution in [3.8, 4) is 5.69 Å². The van der Waals surface area contributed by atoms with E-state index in [2.05, 4.69) is 49.6 Å². The molecule has 0 aliphatic heterocycles. The zero-order valence-corrected chi connectivity index (χ0v) is 11.7. The van der Waals surface area contributed by atoms with Crippen LogP contribution < -0.4 is 5.32 Å². The molecule has 3 rings (SSSR count). The standard InChI is InChI=1S/C16H21N3/c1-3-17-11-14-10-12(2)4-7-16(14)19-9-8-15(18-19)13-5-6-13/h4,7-10,13,17H,3,5-6,11H2,1-2H3. The second-order valence-electron chi connectivity index (χ2n) is 5.37. The van der Waals surface area contributed by atoms with Crippen LogP contribution in [0.15, 0.2) is 30.5 Å². The summed E-state index contributed by atoms with van der Waals surface area (Å²) in [7, 11) is 0. The molecule has 0 unspecified atom stereocenters. The third kappa shape index (κ3) is 2.71. The van der Waals surface area contributed by atoms with Gasteiger partial charge in [0.15, 0.2) is 0 Å². The fraction of sp³-hybridized carbons (Fsp3) is 0.438. The normalized spacial score (nSPS) is 14.8. The smallest absolute Gasteiger partial charge is 0.0690 e. The van der Waals surface area contributed by atoms with Gasteiger partial charge in [0.1, 0.15) is 0 Å². The van der Waals surface area contributed by atoms with Crippen molar-refractivity contribution in [1.82, 2.24) is 15.1 Å². The molecule has 3 heteroatoms. The molecule has 1 aromatic heterocycles. The number of aryl methyl sites for hydroxylation is 1. The van der Waals surface area contributed by atoms with Gasteiger partial charge in [-0.15, -0.1) is 0 Å². The maximum Gasteiger partial charge on any atom is 0.0690 e. The van der Waals surface area contributed by atoms with Gasteiger partial charge in [0.25, 0.3) is 0 Å². The van der Waals surface area contributed by atoms with E-state index in [0.717, 1.165) is 13.1 Å². The Hall–Kier alpha value is -1.61. The molecular weight excluding hydrogens is 234 g/mol. The van der Waals surface area contributed by atoms with Gasteiger partial charge in [0.2, 0.25) is 0 Å². The van der Waals surface area contributed by atoms with E-state index in [0.29, 0.717) is 5.92 Å². The lowest BCUT2D eigenvalue weighted by Crippen LogP contribution is -2.14. The van der Waals surface area contributed by atoms with Crippen LogP contribution in [0.4, 0.5) is 0 Å². The monoisotopic (exact) mass is 255 g/mol. The van der Waals surface area contributed by atoms with Gasteiger partial charge in [0.05, 0.1) is 11.4 Å². The minimum atomic E-state index is 0.712. The highest BCUT2D eigenvalue weighted by atomic mass is 15.3. The van der Waals surface area contributed by atoms with E-state index >= 15 is 0 Å². The Kier molecular flexibility index (Phi) is 3.38. The van der Waals surface area contributed by atoms with Crippen LogP contribution in [0.1, 0.15) is 42.5 Å². The van der Waals surface area contributed by atoms with Crippen LogP contribution in [0.2, 0.25) is 0 Å². The molecular formula is C16H21N3. The van der Waals surface area contributed by atoms with Crippen LogP contribution in [-0.2, 0) is 6.54 Å². The molecule has 1 aliphatic carbocycles. The lowest BCUT2D eigenvalue weighted by Gasteiger charge is -2.11. The molecule has 1 saturated carbocycles. The lowest BCUT2D eigenvalue weighted by atomic mass is 10.1. The van der Waals surface area contributed by atoms with Gasteiger partial charge in [-0.1, -0.05) is 24.6 Å². The Labute approximate surface area is 114 Å². The van der Waals surface area contributed by atoms with Crippen molar-refractivity contribution in [3.63, 3.8) is 0 Å². The first-order valence-electron chi connectivity index (χ1n) is 7.14. The summed E-state index contributed by atoms with van der Waals surface area (Å²) in [5.41, 5.74) is 5.05. The molecule has 1 fully saturated rings. The first-order chi connectivity index (χ1) is 9.28. The highest BCUT2D eigenvalue weighted by molar-refractivity contribution is 5.43. The zero-order valence-electron chi connectivity index (χ0n) is 11.7. The third-order valence-electron chi connectivity index (χ3n) is 3.65. The molecule has 1 heterocycles. The van der Waals surface area contributed by atoms with E-state index in [9.17, 15) is 0 Å². The average Bonchev–Trinajstić information content (AvgIpc) is 3.15. The minimum absolute atomic E-state index is 0.712. The van der Waals surface area contributed by atoms with Crippen molar-refractivity contribution in [2.45, 2.75) is 39.2 Å². The van der Waals surface area contributed by atoms with Crippen LogP contribution in [0.5, 0.6) is 0 Å². The molecule has 19 heavy (non-hydrogen) atoms. The molecule has 0 radical (unpaired) electrons. The van der Waals surface area contributed by atoms with Gasteiger partial charge < -0.3 is 5.32 Å². The summed E-state index contributed by atoms with van der Waals surface area (Å²) in [5, 5.41) is 8.13. The van der Waals surface area contributed by atoms with Crippen LogP contribution in [0, 0.1) is 6.92 Å². The van der Waals surface area contributed by atoms with Crippen LogP contribution in [-0.4, -0.2) is 16.3 Å². The van der Waals surface area contributed by atoms with Gasteiger partial charge in [-0.25, -0.2) is 4.68 Å². The van der Waals surface area contributed by atoms with Gasteiger partial charge in [-0.3, -0.25) is 0 Å². The van der Waals surface area contributed by atoms with E-state index in [1.54, 1.807) is 0 Å². The van der Waals surface area contributed by atoms with Crippen molar-refractivity contribution in [3.05, 3.63) is 47.3 Å². The summed E-state index contributed by atoms with van der Waals surface area (Å²) in [6.07, 6.45) is 4.69. The number of hydrogen-bond acceptors (Lipinski definition) is 2. The molecule has 0 atom stereocenters. The molecule has 0 bridgehead atoms. The topological polar surface area (TPSA) is 29.9 Å². The highest BCUT2D eigenvalue weighted by Crippen LogP contribution is 2.39.